The van der Waals surface area contributed by atoms with Gasteiger partial charge in [-0.25, -0.2) is 0 Å². The summed E-state index contributed by atoms with van der Waals surface area (Å²) in [5.74, 6) is 2.12. The van der Waals surface area contributed by atoms with Crippen LogP contribution in [0.15, 0.2) is 54.6 Å². The number of fused-ring (bicyclic) bond motifs is 1. The zero-order valence-corrected chi connectivity index (χ0v) is 16.5. The first-order chi connectivity index (χ1) is 13.5. The van der Waals surface area contributed by atoms with E-state index >= 15 is 0 Å². The van der Waals surface area contributed by atoms with Gasteiger partial charge < -0.3 is 19.3 Å². The Morgan fingerprint density at radius 1 is 0.857 bits per heavy atom. The summed E-state index contributed by atoms with van der Waals surface area (Å²) in [5, 5.41) is 10.6. The van der Waals surface area contributed by atoms with E-state index in [1.807, 2.05) is 31.2 Å². The smallest absolute Gasteiger partial charge is 0.164 e. The number of phenolic OH excluding ortho intramolecular Hbond substituents is 1. The van der Waals surface area contributed by atoms with Gasteiger partial charge in [-0.05, 0) is 37.1 Å². The molecule has 0 spiro atoms. The van der Waals surface area contributed by atoms with Gasteiger partial charge in [0.2, 0.25) is 0 Å². The largest absolute Gasteiger partial charge is 0.504 e. The van der Waals surface area contributed by atoms with Crippen LogP contribution in [-0.4, -0.2) is 19.3 Å². The normalized spacial score (nSPS) is 17.7. The van der Waals surface area contributed by atoms with Gasteiger partial charge in [-0.15, -0.1) is 0 Å². The van der Waals surface area contributed by atoms with Crippen LogP contribution in [0.2, 0.25) is 0 Å². The Labute approximate surface area is 165 Å². The van der Waals surface area contributed by atoms with Gasteiger partial charge in [0.05, 0.1) is 20.1 Å². The number of phenols is 1. The molecule has 0 saturated heterocycles. The number of ether oxygens (including phenoxy) is 3. The second-order valence-corrected chi connectivity index (χ2v) is 7.16. The molecule has 0 radical (unpaired) electrons. The van der Waals surface area contributed by atoms with Gasteiger partial charge in [0.25, 0.3) is 0 Å². The highest BCUT2D eigenvalue weighted by atomic mass is 16.5. The third kappa shape index (κ3) is 2.95. The number of aromatic hydroxyl groups is 1. The summed E-state index contributed by atoms with van der Waals surface area (Å²) < 4.78 is 17.0. The zero-order valence-electron chi connectivity index (χ0n) is 16.5. The van der Waals surface area contributed by atoms with Crippen LogP contribution in [0.1, 0.15) is 39.8 Å². The molecule has 1 heterocycles. The Kier molecular flexibility index (Phi) is 4.63. The van der Waals surface area contributed by atoms with Crippen LogP contribution in [0, 0.1) is 13.8 Å². The van der Waals surface area contributed by atoms with Crippen molar-refractivity contribution in [2.75, 3.05) is 14.2 Å². The molecule has 0 fully saturated rings. The Bertz CT molecular complexity index is 991. The highest BCUT2D eigenvalue weighted by Crippen LogP contribution is 2.54. The first-order valence-electron chi connectivity index (χ1n) is 9.31. The lowest BCUT2D eigenvalue weighted by Crippen LogP contribution is -2.12. The van der Waals surface area contributed by atoms with Gasteiger partial charge in [-0.3, -0.25) is 0 Å². The fourth-order valence-corrected chi connectivity index (χ4v) is 3.93. The summed E-state index contributed by atoms with van der Waals surface area (Å²) in [5.41, 5.74) is 5.20. The minimum Gasteiger partial charge on any atom is -0.504 e. The molecule has 1 aliphatic rings. The summed E-state index contributed by atoms with van der Waals surface area (Å²) in [6.07, 6.45) is -0.200. The predicted molar refractivity (Wildman–Crippen MR) is 109 cm³/mol. The van der Waals surface area contributed by atoms with Crippen LogP contribution in [-0.2, 0) is 0 Å². The zero-order chi connectivity index (χ0) is 19.8. The Balaban J connectivity index is 1.88. The second kappa shape index (κ2) is 7.12. The van der Waals surface area contributed by atoms with Crippen molar-refractivity contribution < 1.29 is 19.3 Å². The molecule has 0 amide bonds. The minimum atomic E-state index is -0.200. The van der Waals surface area contributed by atoms with Crippen LogP contribution < -0.4 is 14.2 Å². The monoisotopic (exact) mass is 376 g/mol. The number of aryl methyl sites for hydroxylation is 1. The lowest BCUT2D eigenvalue weighted by atomic mass is 9.83. The standard InChI is InChI=1S/C24H24O4/c1-14-5-7-16(8-6-14)22-21-15(2)23(25)20(27-4)13-19(21)28-24(22)17-9-11-18(26-3)12-10-17/h5-13,22,24-25H,1-4H3/t22-,24+/m0/s1. The van der Waals surface area contributed by atoms with E-state index in [9.17, 15) is 5.11 Å². The molecule has 4 nitrogen and oxygen atoms in total. The van der Waals surface area contributed by atoms with Crippen molar-refractivity contribution in [2.45, 2.75) is 25.9 Å². The highest BCUT2D eigenvalue weighted by molar-refractivity contribution is 5.62. The van der Waals surface area contributed by atoms with Gasteiger partial charge in [-0.1, -0.05) is 42.0 Å². The number of hydrogen-bond acceptors (Lipinski definition) is 4. The maximum absolute atomic E-state index is 10.6. The van der Waals surface area contributed by atoms with Crippen LogP contribution in [0.5, 0.6) is 23.0 Å². The minimum absolute atomic E-state index is 0.0270. The van der Waals surface area contributed by atoms with Gasteiger partial charge >= 0.3 is 0 Å². The molecule has 4 heteroatoms. The maximum atomic E-state index is 10.6. The topological polar surface area (TPSA) is 47.9 Å². The van der Waals surface area contributed by atoms with Crippen LogP contribution in [0.3, 0.4) is 0 Å². The van der Waals surface area contributed by atoms with Gasteiger partial charge in [0.15, 0.2) is 11.5 Å². The fourth-order valence-electron chi connectivity index (χ4n) is 3.93. The van der Waals surface area contributed by atoms with Gasteiger partial charge in [-0.2, -0.15) is 0 Å². The van der Waals surface area contributed by atoms with E-state index in [-0.39, 0.29) is 17.8 Å². The number of methoxy groups -OCH3 is 2. The second-order valence-electron chi connectivity index (χ2n) is 7.16. The molecule has 0 bridgehead atoms. The van der Waals surface area contributed by atoms with Crippen LogP contribution >= 0.6 is 0 Å². The Morgan fingerprint density at radius 3 is 2.11 bits per heavy atom. The number of rotatable bonds is 4. The van der Waals surface area contributed by atoms with E-state index in [0.717, 1.165) is 33.8 Å². The first-order valence-corrected chi connectivity index (χ1v) is 9.31. The summed E-state index contributed by atoms with van der Waals surface area (Å²) in [6.45, 7) is 3.99. The molecule has 3 aromatic carbocycles. The van der Waals surface area contributed by atoms with E-state index < -0.39 is 0 Å². The summed E-state index contributed by atoms with van der Waals surface area (Å²) in [6, 6.07) is 18.2. The quantitative estimate of drug-likeness (QED) is 0.672. The SMILES string of the molecule is COc1ccc([C@H]2Oc3cc(OC)c(O)c(C)c3[C@@H]2c2ccc(C)cc2)cc1. The van der Waals surface area contributed by atoms with Gasteiger partial charge in [0, 0.05) is 17.2 Å². The van der Waals surface area contributed by atoms with Crippen molar-refractivity contribution in [1.82, 2.24) is 0 Å². The number of hydrogen-bond donors (Lipinski definition) is 1. The molecule has 0 aromatic heterocycles. The van der Waals surface area contributed by atoms with E-state index in [1.165, 1.54) is 5.56 Å². The molecule has 1 N–H and O–H groups in total. The molecule has 0 saturated carbocycles. The Morgan fingerprint density at radius 2 is 1.50 bits per heavy atom. The van der Waals surface area contributed by atoms with E-state index in [2.05, 4.69) is 31.2 Å². The average molecular weight is 376 g/mol. The lowest BCUT2D eigenvalue weighted by molar-refractivity contribution is 0.221. The molecule has 2 atom stereocenters. The van der Waals surface area contributed by atoms with Crippen molar-refractivity contribution in [3.05, 3.63) is 82.4 Å². The Hall–Kier alpha value is -3.14. The molecule has 4 rings (SSSR count). The number of benzene rings is 3. The van der Waals surface area contributed by atoms with Crippen LogP contribution in [0.25, 0.3) is 0 Å². The predicted octanol–water partition coefficient (Wildman–Crippen LogP) is 5.29. The summed E-state index contributed by atoms with van der Waals surface area (Å²) in [7, 11) is 3.21. The molecular weight excluding hydrogens is 352 g/mol. The third-order valence-corrected chi connectivity index (χ3v) is 5.49. The van der Waals surface area contributed by atoms with Crippen LogP contribution in [0.4, 0.5) is 0 Å². The van der Waals surface area contributed by atoms with E-state index in [0.29, 0.717) is 5.75 Å². The van der Waals surface area contributed by atoms with Crippen molar-refractivity contribution in [2.24, 2.45) is 0 Å². The van der Waals surface area contributed by atoms with Crippen molar-refractivity contribution in [3.63, 3.8) is 0 Å². The average Bonchev–Trinajstić information content (AvgIpc) is 3.11. The van der Waals surface area contributed by atoms with Crippen molar-refractivity contribution >= 4 is 0 Å². The molecule has 28 heavy (non-hydrogen) atoms. The van der Waals surface area contributed by atoms with E-state index in [4.69, 9.17) is 14.2 Å². The fraction of sp³-hybridized carbons (Fsp3) is 0.250. The molecule has 3 aromatic rings. The van der Waals surface area contributed by atoms with E-state index in [1.54, 1.807) is 20.3 Å². The van der Waals surface area contributed by atoms with Crippen molar-refractivity contribution in [1.29, 1.82) is 0 Å². The lowest BCUT2D eigenvalue weighted by Gasteiger charge is -2.21. The molecule has 1 aliphatic heterocycles. The maximum Gasteiger partial charge on any atom is 0.164 e. The molecule has 0 aliphatic carbocycles. The highest BCUT2D eigenvalue weighted by Gasteiger charge is 2.39. The molecule has 0 unspecified atom stereocenters. The third-order valence-electron chi connectivity index (χ3n) is 5.49. The first kappa shape index (κ1) is 18.2. The van der Waals surface area contributed by atoms with Gasteiger partial charge in [0.1, 0.15) is 17.6 Å². The summed E-state index contributed by atoms with van der Waals surface area (Å²) in [4.78, 5) is 0. The molecule has 144 valence electrons. The summed E-state index contributed by atoms with van der Waals surface area (Å²) >= 11 is 0. The van der Waals surface area contributed by atoms with Crippen molar-refractivity contribution in [3.8, 4) is 23.0 Å². The molecular formula is C24H24O4.